The summed E-state index contributed by atoms with van der Waals surface area (Å²) < 4.78 is 0. The summed E-state index contributed by atoms with van der Waals surface area (Å²) in [6.45, 7) is 4.07. The van der Waals surface area contributed by atoms with Crippen LogP contribution < -0.4 is 15.5 Å². The van der Waals surface area contributed by atoms with Gasteiger partial charge in [-0.05, 0) is 18.2 Å². The van der Waals surface area contributed by atoms with Crippen molar-refractivity contribution in [3.05, 3.63) is 47.1 Å². The summed E-state index contributed by atoms with van der Waals surface area (Å²) >= 11 is 6.26. The summed E-state index contributed by atoms with van der Waals surface area (Å²) in [6, 6.07) is 9.89. The number of piperazine rings is 1. The molecule has 0 bridgehead atoms. The van der Waals surface area contributed by atoms with Crippen molar-refractivity contribution in [1.29, 1.82) is 0 Å². The number of hydrogen-bond donors (Lipinski definition) is 1. The Morgan fingerprint density at radius 1 is 1.05 bits per heavy atom. The summed E-state index contributed by atoms with van der Waals surface area (Å²) in [5.41, 5.74) is 7.91. The van der Waals surface area contributed by atoms with E-state index >= 15 is 0 Å². The molecular formula is C15H18ClN5. The van der Waals surface area contributed by atoms with Crippen molar-refractivity contribution in [3.63, 3.8) is 0 Å². The van der Waals surface area contributed by atoms with E-state index in [2.05, 4.69) is 26.1 Å². The SMILES string of the molecule is NCc1ccnnc1N1CCN(c2ccccc2Cl)CC1. The van der Waals surface area contributed by atoms with Crippen molar-refractivity contribution in [1.82, 2.24) is 10.2 Å². The highest BCUT2D eigenvalue weighted by atomic mass is 35.5. The third-order valence-electron chi connectivity index (χ3n) is 3.77. The van der Waals surface area contributed by atoms with Gasteiger partial charge >= 0.3 is 0 Å². The molecule has 110 valence electrons. The van der Waals surface area contributed by atoms with Crippen LogP contribution in [0.4, 0.5) is 11.5 Å². The maximum atomic E-state index is 6.26. The molecule has 2 N–H and O–H groups in total. The lowest BCUT2D eigenvalue weighted by Gasteiger charge is -2.37. The molecule has 1 aromatic heterocycles. The molecule has 1 aliphatic heterocycles. The molecule has 0 aliphatic carbocycles. The molecule has 0 atom stereocenters. The maximum absolute atomic E-state index is 6.26. The fourth-order valence-corrected chi connectivity index (χ4v) is 2.90. The number of nitrogens with zero attached hydrogens (tertiary/aromatic N) is 4. The van der Waals surface area contributed by atoms with Gasteiger partial charge in [0.1, 0.15) is 0 Å². The van der Waals surface area contributed by atoms with E-state index in [-0.39, 0.29) is 0 Å². The molecule has 1 aromatic carbocycles. The third kappa shape index (κ3) is 2.94. The first-order valence-electron chi connectivity index (χ1n) is 7.04. The van der Waals surface area contributed by atoms with Crippen molar-refractivity contribution in [2.45, 2.75) is 6.54 Å². The van der Waals surface area contributed by atoms with Gasteiger partial charge in [0.2, 0.25) is 0 Å². The van der Waals surface area contributed by atoms with Crippen molar-refractivity contribution < 1.29 is 0 Å². The van der Waals surface area contributed by atoms with E-state index < -0.39 is 0 Å². The molecule has 0 saturated carbocycles. The van der Waals surface area contributed by atoms with E-state index in [9.17, 15) is 0 Å². The Balaban J connectivity index is 1.72. The molecule has 1 fully saturated rings. The van der Waals surface area contributed by atoms with Gasteiger partial charge in [-0.3, -0.25) is 0 Å². The fraction of sp³-hybridized carbons (Fsp3) is 0.333. The van der Waals surface area contributed by atoms with Crippen LogP contribution in [0.15, 0.2) is 36.5 Å². The highest BCUT2D eigenvalue weighted by Gasteiger charge is 2.21. The lowest BCUT2D eigenvalue weighted by Crippen LogP contribution is -2.47. The quantitative estimate of drug-likeness (QED) is 0.939. The zero-order valence-corrected chi connectivity index (χ0v) is 12.5. The Morgan fingerprint density at radius 2 is 1.76 bits per heavy atom. The number of rotatable bonds is 3. The van der Waals surface area contributed by atoms with Gasteiger partial charge in [0.25, 0.3) is 0 Å². The molecule has 3 rings (SSSR count). The van der Waals surface area contributed by atoms with Crippen LogP contribution in [-0.2, 0) is 6.54 Å². The Labute approximate surface area is 129 Å². The molecule has 6 heteroatoms. The Kier molecular flexibility index (Phi) is 4.22. The van der Waals surface area contributed by atoms with Crippen molar-refractivity contribution >= 4 is 23.1 Å². The van der Waals surface area contributed by atoms with Crippen molar-refractivity contribution in [2.75, 3.05) is 36.0 Å². The van der Waals surface area contributed by atoms with E-state index in [1.807, 2.05) is 24.3 Å². The lowest BCUT2D eigenvalue weighted by atomic mass is 10.2. The number of halogens is 1. The standard InChI is InChI=1S/C15H18ClN5/c16-13-3-1-2-4-14(13)20-7-9-21(10-8-20)15-12(11-17)5-6-18-19-15/h1-6H,7-11,17H2. The van der Waals surface area contributed by atoms with Gasteiger partial charge < -0.3 is 15.5 Å². The first-order chi connectivity index (χ1) is 10.3. The van der Waals surface area contributed by atoms with Crippen molar-refractivity contribution in [3.8, 4) is 0 Å². The van der Waals surface area contributed by atoms with Crippen LogP contribution in [-0.4, -0.2) is 36.4 Å². The minimum absolute atomic E-state index is 0.482. The van der Waals surface area contributed by atoms with Gasteiger partial charge in [0, 0.05) is 38.3 Å². The summed E-state index contributed by atoms with van der Waals surface area (Å²) in [7, 11) is 0. The normalized spacial score (nSPS) is 15.3. The second-order valence-electron chi connectivity index (χ2n) is 5.01. The molecule has 0 unspecified atom stereocenters. The predicted molar refractivity (Wildman–Crippen MR) is 85.8 cm³/mol. The number of para-hydroxylation sites is 1. The molecule has 0 spiro atoms. The van der Waals surface area contributed by atoms with Crippen LogP contribution in [0, 0.1) is 0 Å². The monoisotopic (exact) mass is 303 g/mol. The van der Waals surface area contributed by atoms with Gasteiger partial charge in [-0.1, -0.05) is 23.7 Å². The minimum atomic E-state index is 0.482. The smallest absolute Gasteiger partial charge is 0.155 e. The lowest BCUT2D eigenvalue weighted by molar-refractivity contribution is 0.640. The maximum Gasteiger partial charge on any atom is 0.155 e. The molecule has 2 aromatic rings. The number of benzene rings is 1. The zero-order chi connectivity index (χ0) is 14.7. The fourth-order valence-electron chi connectivity index (χ4n) is 2.64. The number of aromatic nitrogens is 2. The van der Waals surface area contributed by atoms with Crippen molar-refractivity contribution in [2.24, 2.45) is 5.73 Å². The van der Waals surface area contributed by atoms with Crippen LogP contribution in [0.3, 0.4) is 0 Å². The van der Waals surface area contributed by atoms with Crippen LogP contribution in [0.2, 0.25) is 5.02 Å². The van der Waals surface area contributed by atoms with E-state index in [1.54, 1.807) is 6.20 Å². The largest absolute Gasteiger partial charge is 0.367 e. The second-order valence-corrected chi connectivity index (χ2v) is 5.42. The molecular weight excluding hydrogens is 286 g/mol. The highest BCUT2D eigenvalue weighted by Crippen LogP contribution is 2.27. The van der Waals surface area contributed by atoms with Crippen LogP contribution in [0.1, 0.15) is 5.56 Å². The molecule has 1 saturated heterocycles. The molecule has 21 heavy (non-hydrogen) atoms. The zero-order valence-electron chi connectivity index (χ0n) is 11.7. The molecule has 0 radical (unpaired) electrons. The van der Waals surface area contributed by atoms with E-state index in [1.165, 1.54) is 0 Å². The summed E-state index contributed by atoms with van der Waals surface area (Å²) in [5.74, 6) is 0.902. The van der Waals surface area contributed by atoms with Gasteiger partial charge in [0.15, 0.2) is 5.82 Å². The first-order valence-corrected chi connectivity index (χ1v) is 7.42. The van der Waals surface area contributed by atoms with Crippen LogP contribution >= 0.6 is 11.6 Å². The molecule has 0 amide bonds. The Hall–Kier alpha value is -1.85. The predicted octanol–water partition coefficient (Wildman–Crippen LogP) is 1.92. The van der Waals surface area contributed by atoms with Gasteiger partial charge in [-0.15, -0.1) is 5.10 Å². The van der Waals surface area contributed by atoms with E-state index in [4.69, 9.17) is 17.3 Å². The average molecular weight is 304 g/mol. The topological polar surface area (TPSA) is 58.3 Å². The highest BCUT2D eigenvalue weighted by molar-refractivity contribution is 6.33. The van der Waals surface area contributed by atoms with Crippen LogP contribution in [0.5, 0.6) is 0 Å². The average Bonchev–Trinajstić information content (AvgIpc) is 2.55. The van der Waals surface area contributed by atoms with Gasteiger partial charge in [-0.2, -0.15) is 5.10 Å². The summed E-state index contributed by atoms with van der Waals surface area (Å²) in [4.78, 5) is 4.54. The van der Waals surface area contributed by atoms with Gasteiger partial charge in [0.05, 0.1) is 16.9 Å². The third-order valence-corrected chi connectivity index (χ3v) is 4.09. The Bertz CT molecular complexity index is 611. The van der Waals surface area contributed by atoms with E-state index in [0.29, 0.717) is 6.54 Å². The molecule has 1 aliphatic rings. The number of nitrogens with two attached hydrogens (primary N) is 1. The minimum Gasteiger partial charge on any atom is -0.367 e. The first kappa shape index (κ1) is 14.1. The molecule has 2 heterocycles. The molecule has 5 nitrogen and oxygen atoms in total. The number of anilines is 2. The number of hydrogen-bond acceptors (Lipinski definition) is 5. The Morgan fingerprint density at radius 3 is 2.48 bits per heavy atom. The van der Waals surface area contributed by atoms with Crippen LogP contribution in [0.25, 0.3) is 0 Å². The summed E-state index contributed by atoms with van der Waals surface area (Å²) in [6.07, 6.45) is 1.69. The van der Waals surface area contributed by atoms with E-state index in [0.717, 1.165) is 48.3 Å². The second kappa shape index (κ2) is 6.28. The summed E-state index contributed by atoms with van der Waals surface area (Å²) in [5, 5.41) is 9.02. The van der Waals surface area contributed by atoms with Gasteiger partial charge in [-0.25, -0.2) is 0 Å².